The summed E-state index contributed by atoms with van der Waals surface area (Å²) < 4.78 is 0. The van der Waals surface area contributed by atoms with Crippen LogP contribution in [0.2, 0.25) is 0 Å². The lowest BCUT2D eigenvalue weighted by Gasteiger charge is -2.21. The van der Waals surface area contributed by atoms with Crippen molar-refractivity contribution in [3.05, 3.63) is 46.5 Å². The molecule has 18 heavy (non-hydrogen) atoms. The molecule has 0 radical (unpaired) electrons. The van der Waals surface area contributed by atoms with Crippen molar-refractivity contribution in [1.29, 1.82) is 0 Å². The zero-order valence-corrected chi connectivity index (χ0v) is 11.7. The number of nitrogens with two attached hydrogens (primary N) is 1. The maximum Gasteiger partial charge on any atom is 0.186 e. The van der Waals surface area contributed by atoms with Gasteiger partial charge in [-0.25, -0.2) is 4.98 Å². The Bertz CT molecular complexity index is 473. The smallest absolute Gasteiger partial charge is 0.186 e. The molecule has 0 aliphatic heterocycles. The first-order chi connectivity index (χ1) is 8.70. The van der Waals surface area contributed by atoms with E-state index in [0.717, 1.165) is 23.9 Å². The van der Waals surface area contributed by atoms with Gasteiger partial charge in [0.25, 0.3) is 0 Å². The van der Waals surface area contributed by atoms with Crippen molar-refractivity contribution in [2.24, 2.45) is 5.73 Å². The van der Waals surface area contributed by atoms with Gasteiger partial charge in [-0.05, 0) is 19.4 Å². The van der Waals surface area contributed by atoms with E-state index < -0.39 is 0 Å². The molecular formula is C14H19N3S. The van der Waals surface area contributed by atoms with Gasteiger partial charge in [-0.15, -0.1) is 11.3 Å². The molecule has 0 amide bonds. The molecule has 0 fully saturated rings. The highest BCUT2D eigenvalue weighted by molar-refractivity contribution is 7.15. The van der Waals surface area contributed by atoms with Gasteiger partial charge >= 0.3 is 0 Å². The Morgan fingerprint density at radius 2 is 1.94 bits per heavy atom. The Morgan fingerprint density at radius 3 is 2.50 bits per heavy atom. The Balaban J connectivity index is 2.18. The summed E-state index contributed by atoms with van der Waals surface area (Å²) in [5, 5.41) is 1.07. The number of benzene rings is 1. The number of hydrogen-bond donors (Lipinski definition) is 1. The molecule has 2 rings (SSSR count). The van der Waals surface area contributed by atoms with Crippen LogP contribution in [0.5, 0.6) is 0 Å². The van der Waals surface area contributed by atoms with E-state index >= 15 is 0 Å². The fourth-order valence-electron chi connectivity index (χ4n) is 1.79. The predicted molar refractivity (Wildman–Crippen MR) is 78.1 cm³/mol. The van der Waals surface area contributed by atoms with E-state index in [4.69, 9.17) is 5.73 Å². The number of hydrogen-bond acceptors (Lipinski definition) is 4. The van der Waals surface area contributed by atoms with Crippen LogP contribution >= 0.6 is 11.3 Å². The van der Waals surface area contributed by atoms with Crippen LogP contribution in [0, 0.1) is 13.8 Å². The van der Waals surface area contributed by atoms with Crippen LogP contribution in [-0.4, -0.2) is 18.1 Å². The number of aryl methyl sites for hydroxylation is 2. The number of anilines is 1. The number of nitrogens with zero attached hydrogens (tertiary/aromatic N) is 2. The van der Waals surface area contributed by atoms with E-state index in [1.807, 2.05) is 6.07 Å². The predicted octanol–water partition coefficient (Wildman–Crippen LogP) is 2.73. The number of thiazole rings is 1. The lowest BCUT2D eigenvalue weighted by atomic mass is 10.2. The summed E-state index contributed by atoms with van der Waals surface area (Å²) in [7, 11) is 0. The fraction of sp³-hybridized carbons (Fsp3) is 0.357. The van der Waals surface area contributed by atoms with Crippen molar-refractivity contribution in [1.82, 2.24) is 4.98 Å². The molecule has 4 heteroatoms. The third-order valence-electron chi connectivity index (χ3n) is 2.90. The third kappa shape index (κ3) is 3.09. The van der Waals surface area contributed by atoms with Crippen LogP contribution in [0.4, 0.5) is 5.13 Å². The molecule has 1 heterocycles. The first-order valence-corrected chi connectivity index (χ1v) is 6.95. The van der Waals surface area contributed by atoms with E-state index in [-0.39, 0.29) is 0 Å². The molecule has 3 nitrogen and oxygen atoms in total. The normalized spacial score (nSPS) is 10.6. The molecule has 0 spiro atoms. The molecule has 2 N–H and O–H groups in total. The molecule has 0 unspecified atom stereocenters. The first-order valence-electron chi connectivity index (χ1n) is 6.13. The molecule has 96 valence electrons. The summed E-state index contributed by atoms with van der Waals surface area (Å²) in [4.78, 5) is 8.14. The van der Waals surface area contributed by atoms with Gasteiger partial charge in [0.2, 0.25) is 0 Å². The zero-order valence-electron chi connectivity index (χ0n) is 10.9. The monoisotopic (exact) mass is 261 g/mol. The van der Waals surface area contributed by atoms with Crippen LogP contribution in [-0.2, 0) is 6.54 Å². The van der Waals surface area contributed by atoms with Gasteiger partial charge in [0.05, 0.1) is 5.69 Å². The Kier molecular flexibility index (Phi) is 4.33. The molecule has 0 saturated carbocycles. The van der Waals surface area contributed by atoms with E-state index in [9.17, 15) is 0 Å². The van der Waals surface area contributed by atoms with Crippen molar-refractivity contribution in [2.45, 2.75) is 20.4 Å². The van der Waals surface area contributed by atoms with Crippen molar-refractivity contribution in [3.8, 4) is 0 Å². The Morgan fingerprint density at radius 1 is 1.22 bits per heavy atom. The van der Waals surface area contributed by atoms with Gasteiger partial charge in [-0.2, -0.15) is 0 Å². The van der Waals surface area contributed by atoms with Crippen molar-refractivity contribution < 1.29 is 0 Å². The van der Waals surface area contributed by atoms with Crippen LogP contribution in [0.15, 0.2) is 30.3 Å². The van der Waals surface area contributed by atoms with Crippen LogP contribution in [0.3, 0.4) is 0 Å². The van der Waals surface area contributed by atoms with Gasteiger partial charge in [0.1, 0.15) is 0 Å². The molecule has 0 bridgehead atoms. The van der Waals surface area contributed by atoms with Crippen molar-refractivity contribution in [3.63, 3.8) is 0 Å². The molecule has 0 atom stereocenters. The summed E-state index contributed by atoms with van der Waals surface area (Å²) in [6.45, 7) is 6.51. The molecule has 2 aromatic rings. The van der Waals surface area contributed by atoms with E-state index in [1.54, 1.807) is 11.3 Å². The summed E-state index contributed by atoms with van der Waals surface area (Å²) in [5.41, 5.74) is 8.10. The maximum atomic E-state index is 5.70. The highest BCUT2D eigenvalue weighted by Crippen LogP contribution is 2.26. The van der Waals surface area contributed by atoms with Gasteiger partial charge in [-0.1, -0.05) is 30.3 Å². The second-order valence-corrected chi connectivity index (χ2v) is 5.52. The minimum absolute atomic E-state index is 0.643. The minimum atomic E-state index is 0.643. The number of aromatic nitrogens is 1. The summed E-state index contributed by atoms with van der Waals surface area (Å²) >= 11 is 1.74. The first kappa shape index (κ1) is 13.1. The number of rotatable bonds is 5. The van der Waals surface area contributed by atoms with E-state index in [2.05, 4.69) is 48.0 Å². The Labute approximate surface area is 112 Å². The highest BCUT2D eigenvalue weighted by Gasteiger charge is 2.12. The summed E-state index contributed by atoms with van der Waals surface area (Å²) in [6, 6.07) is 10.4. The molecule has 1 aromatic heterocycles. The van der Waals surface area contributed by atoms with Crippen molar-refractivity contribution in [2.75, 3.05) is 18.0 Å². The maximum absolute atomic E-state index is 5.70. The Hall–Kier alpha value is -1.39. The molecule has 0 saturated heterocycles. The van der Waals surface area contributed by atoms with Gasteiger partial charge in [0, 0.05) is 24.5 Å². The van der Waals surface area contributed by atoms with E-state index in [0.29, 0.717) is 6.54 Å². The molecule has 0 aliphatic carbocycles. The molecule has 1 aromatic carbocycles. The summed E-state index contributed by atoms with van der Waals surface area (Å²) in [5.74, 6) is 0. The van der Waals surface area contributed by atoms with E-state index in [1.165, 1.54) is 10.4 Å². The fourth-order valence-corrected chi connectivity index (χ4v) is 2.73. The largest absolute Gasteiger partial charge is 0.342 e. The minimum Gasteiger partial charge on any atom is -0.342 e. The second kappa shape index (κ2) is 5.98. The lowest BCUT2D eigenvalue weighted by molar-refractivity contribution is 0.784. The third-order valence-corrected chi connectivity index (χ3v) is 4.04. The molecule has 0 aliphatic rings. The van der Waals surface area contributed by atoms with Crippen LogP contribution < -0.4 is 10.6 Å². The van der Waals surface area contributed by atoms with Gasteiger partial charge in [0.15, 0.2) is 5.13 Å². The standard InChI is InChI=1S/C14H19N3S/c1-11-12(2)18-14(16-11)17(9-8-15)10-13-6-4-3-5-7-13/h3-7H,8-10,15H2,1-2H3. The average molecular weight is 261 g/mol. The van der Waals surface area contributed by atoms with Gasteiger partial charge < -0.3 is 10.6 Å². The second-order valence-electron chi connectivity index (χ2n) is 4.33. The van der Waals surface area contributed by atoms with Crippen LogP contribution in [0.25, 0.3) is 0 Å². The van der Waals surface area contributed by atoms with Gasteiger partial charge in [-0.3, -0.25) is 0 Å². The molecular weight excluding hydrogens is 242 g/mol. The summed E-state index contributed by atoms with van der Waals surface area (Å²) in [6.07, 6.45) is 0. The average Bonchev–Trinajstić information content (AvgIpc) is 2.70. The highest BCUT2D eigenvalue weighted by atomic mass is 32.1. The van der Waals surface area contributed by atoms with Crippen molar-refractivity contribution >= 4 is 16.5 Å². The topological polar surface area (TPSA) is 42.2 Å². The SMILES string of the molecule is Cc1nc(N(CCN)Cc2ccccc2)sc1C. The van der Waals surface area contributed by atoms with Crippen LogP contribution in [0.1, 0.15) is 16.1 Å². The quantitative estimate of drug-likeness (QED) is 0.900. The zero-order chi connectivity index (χ0) is 13.0. The lowest BCUT2D eigenvalue weighted by Crippen LogP contribution is -2.28.